The molecule has 68 valence electrons. The highest BCUT2D eigenvalue weighted by molar-refractivity contribution is 9.10. The summed E-state index contributed by atoms with van der Waals surface area (Å²) in [6.07, 6.45) is 0. The summed E-state index contributed by atoms with van der Waals surface area (Å²) in [5.41, 5.74) is 0.815. The maximum Gasteiger partial charge on any atom is 0.137 e. The lowest BCUT2D eigenvalue weighted by Crippen LogP contribution is -2.21. The third kappa shape index (κ3) is 3.05. The van der Waals surface area contributed by atoms with Crippen LogP contribution >= 0.6 is 15.9 Å². The Labute approximate surface area is 85.1 Å². The topological polar surface area (TPSA) is 56.0 Å². The summed E-state index contributed by atoms with van der Waals surface area (Å²) in [4.78, 5) is 0. The lowest BCUT2D eigenvalue weighted by atomic mass is 10.3. The van der Waals surface area contributed by atoms with Crippen molar-refractivity contribution in [1.29, 1.82) is 5.26 Å². The van der Waals surface area contributed by atoms with Gasteiger partial charge in [0.25, 0.3) is 0 Å². The highest BCUT2D eigenvalue weighted by atomic mass is 79.9. The zero-order valence-electron chi connectivity index (χ0n) is 6.87. The average Bonchev–Trinajstić information content (AvgIpc) is 2.14. The van der Waals surface area contributed by atoms with Gasteiger partial charge in [-0.3, -0.25) is 0 Å². The molecule has 0 fully saturated rings. The van der Waals surface area contributed by atoms with Crippen LogP contribution in [0.3, 0.4) is 0 Å². The molecule has 1 aromatic rings. The molecule has 4 heteroatoms. The molecule has 13 heavy (non-hydrogen) atoms. The number of hydrogen-bond acceptors (Lipinski definition) is 3. The zero-order chi connectivity index (χ0) is 9.68. The third-order valence-electron chi connectivity index (χ3n) is 1.50. The fourth-order valence-corrected chi connectivity index (χ4v) is 1.30. The maximum absolute atomic E-state index is 8.76. The van der Waals surface area contributed by atoms with Gasteiger partial charge in [0, 0.05) is 10.2 Å². The molecular weight excluding hydrogens is 232 g/mol. The summed E-state index contributed by atoms with van der Waals surface area (Å²) in [7, 11) is 0. The van der Waals surface area contributed by atoms with Crippen molar-refractivity contribution >= 4 is 21.6 Å². The van der Waals surface area contributed by atoms with Gasteiger partial charge in [-0.05, 0) is 18.2 Å². The molecule has 0 amide bonds. The summed E-state index contributed by atoms with van der Waals surface area (Å²) < 4.78 is 0.937. The number of hydrogen-bond donors (Lipinski definition) is 2. The normalized spacial score (nSPS) is 11.8. The van der Waals surface area contributed by atoms with Crippen molar-refractivity contribution < 1.29 is 5.11 Å². The number of benzene rings is 1. The first-order valence-corrected chi connectivity index (χ1v) is 4.58. The van der Waals surface area contributed by atoms with Gasteiger partial charge in [0.2, 0.25) is 0 Å². The van der Waals surface area contributed by atoms with Gasteiger partial charge < -0.3 is 10.4 Å². The van der Waals surface area contributed by atoms with Crippen LogP contribution in [0.15, 0.2) is 28.7 Å². The molecule has 1 rings (SSSR count). The fourth-order valence-electron chi connectivity index (χ4n) is 0.898. The summed E-state index contributed by atoms with van der Waals surface area (Å²) in [6, 6.07) is 8.84. The molecule has 1 aromatic carbocycles. The lowest BCUT2D eigenvalue weighted by Gasteiger charge is -2.09. The molecule has 1 unspecified atom stereocenters. The van der Waals surface area contributed by atoms with Gasteiger partial charge in [0.05, 0.1) is 12.7 Å². The van der Waals surface area contributed by atoms with Crippen LogP contribution in [0.4, 0.5) is 5.69 Å². The molecule has 0 saturated carbocycles. The molecule has 0 spiro atoms. The van der Waals surface area contributed by atoms with Crippen molar-refractivity contribution in [2.45, 2.75) is 6.04 Å². The highest BCUT2D eigenvalue weighted by Gasteiger charge is 2.03. The first-order chi connectivity index (χ1) is 6.26. The molecule has 3 nitrogen and oxygen atoms in total. The van der Waals surface area contributed by atoms with Gasteiger partial charge in [-0.25, -0.2) is 0 Å². The van der Waals surface area contributed by atoms with E-state index in [4.69, 9.17) is 10.4 Å². The predicted molar refractivity (Wildman–Crippen MR) is 54.3 cm³/mol. The second kappa shape index (κ2) is 4.85. The first-order valence-electron chi connectivity index (χ1n) is 3.79. The van der Waals surface area contributed by atoms with Gasteiger partial charge >= 0.3 is 0 Å². The molecule has 0 aliphatic rings. The number of nitrogens with zero attached hydrogens (tertiary/aromatic N) is 1. The van der Waals surface area contributed by atoms with Crippen LogP contribution in [0.1, 0.15) is 0 Å². The summed E-state index contributed by atoms with van der Waals surface area (Å²) in [5, 5.41) is 20.2. The van der Waals surface area contributed by atoms with E-state index in [0.29, 0.717) is 0 Å². The van der Waals surface area contributed by atoms with Crippen LogP contribution in [-0.4, -0.2) is 17.8 Å². The Morgan fingerprint density at radius 3 is 2.92 bits per heavy atom. The molecule has 0 aliphatic heterocycles. The highest BCUT2D eigenvalue weighted by Crippen LogP contribution is 2.16. The van der Waals surface area contributed by atoms with E-state index in [1.165, 1.54) is 0 Å². The number of halogens is 1. The Kier molecular flexibility index (Phi) is 3.74. The summed E-state index contributed by atoms with van der Waals surface area (Å²) in [5.74, 6) is 0. The second-order valence-corrected chi connectivity index (χ2v) is 3.43. The zero-order valence-corrected chi connectivity index (χ0v) is 8.45. The minimum Gasteiger partial charge on any atom is -0.393 e. The van der Waals surface area contributed by atoms with Crippen molar-refractivity contribution in [3.05, 3.63) is 28.7 Å². The second-order valence-electron chi connectivity index (χ2n) is 2.52. The Balaban J connectivity index is 2.69. The lowest BCUT2D eigenvalue weighted by molar-refractivity contribution is 0.293. The number of rotatable bonds is 3. The molecule has 1 atom stereocenters. The Morgan fingerprint density at radius 2 is 2.38 bits per heavy atom. The van der Waals surface area contributed by atoms with Crippen LogP contribution in [0, 0.1) is 11.3 Å². The minimum absolute atomic E-state index is 0.191. The monoisotopic (exact) mass is 240 g/mol. The standard InChI is InChI=1S/C9H9BrN2O/c10-7-2-1-3-8(4-7)12-9(5-11)6-13/h1-4,9,12-13H,6H2. The van der Waals surface area contributed by atoms with Crippen molar-refractivity contribution in [2.24, 2.45) is 0 Å². The summed E-state index contributed by atoms with van der Waals surface area (Å²) >= 11 is 3.31. The van der Waals surface area contributed by atoms with E-state index in [1.54, 1.807) is 0 Å². The molecular formula is C9H9BrN2O. The average molecular weight is 241 g/mol. The molecule has 0 bridgehead atoms. The van der Waals surface area contributed by atoms with E-state index in [0.717, 1.165) is 10.2 Å². The molecule has 0 aliphatic carbocycles. The number of nitrogens with one attached hydrogen (secondary N) is 1. The van der Waals surface area contributed by atoms with E-state index in [2.05, 4.69) is 21.2 Å². The van der Waals surface area contributed by atoms with E-state index in [1.807, 2.05) is 30.3 Å². The Bertz CT molecular complexity index is 322. The largest absolute Gasteiger partial charge is 0.393 e. The third-order valence-corrected chi connectivity index (χ3v) is 2.00. The molecule has 0 heterocycles. The van der Waals surface area contributed by atoms with Crippen LogP contribution in [0.25, 0.3) is 0 Å². The molecule has 2 N–H and O–H groups in total. The minimum atomic E-state index is -0.547. The van der Waals surface area contributed by atoms with E-state index in [-0.39, 0.29) is 6.61 Å². The van der Waals surface area contributed by atoms with Gasteiger partial charge in [-0.15, -0.1) is 0 Å². The van der Waals surface area contributed by atoms with Crippen LogP contribution in [-0.2, 0) is 0 Å². The van der Waals surface area contributed by atoms with Gasteiger partial charge in [0.1, 0.15) is 6.04 Å². The number of nitriles is 1. The van der Waals surface area contributed by atoms with E-state index in [9.17, 15) is 0 Å². The van der Waals surface area contributed by atoms with Crippen molar-refractivity contribution in [3.8, 4) is 6.07 Å². The SMILES string of the molecule is N#CC(CO)Nc1cccc(Br)c1. The Morgan fingerprint density at radius 1 is 1.62 bits per heavy atom. The Hall–Kier alpha value is -1.05. The number of anilines is 1. The predicted octanol–water partition coefficient (Wildman–Crippen LogP) is 1.75. The molecule has 0 saturated heterocycles. The number of aliphatic hydroxyl groups is 1. The van der Waals surface area contributed by atoms with Gasteiger partial charge in [0.15, 0.2) is 0 Å². The van der Waals surface area contributed by atoms with Gasteiger partial charge in [-0.1, -0.05) is 22.0 Å². The summed E-state index contributed by atoms with van der Waals surface area (Å²) in [6.45, 7) is -0.191. The maximum atomic E-state index is 8.76. The molecule has 0 aromatic heterocycles. The van der Waals surface area contributed by atoms with E-state index < -0.39 is 6.04 Å². The van der Waals surface area contributed by atoms with Crippen LogP contribution in [0.2, 0.25) is 0 Å². The van der Waals surface area contributed by atoms with Gasteiger partial charge in [-0.2, -0.15) is 5.26 Å². The van der Waals surface area contributed by atoms with Crippen molar-refractivity contribution in [3.63, 3.8) is 0 Å². The van der Waals surface area contributed by atoms with Crippen molar-refractivity contribution in [1.82, 2.24) is 0 Å². The quantitative estimate of drug-likeness (QED) is 0.847. The fraction of sp³-hybridized carbons (Fsp3) is 0.222. The van der Waals surface area contributed by atoms with Crippen LogP contribution in [0.5, 0.6) is 0 Å². The van der Waals surface area contributed by atoms with Crippen LogP contribution < -0.4 is 5.32 Å². The van der Waals surface area contributed by atoms with E-state index >= 15 is 0 Å². The molecule has 0 radical (unpaired) electrons. The number of aliphatic hydroxyl groups excluding tert-OH is 1. The smallest absolute Gasteiger partial charge is 0.137 e. The first kappa shape index (κ1) is 10.0. The van der Waals surface area contributed by atoms with Crippen molar-refractivity contribution in [2.75, 3.05) is 11.9 Å².